The molecule has 0 aliphatic carbocycles. The maximum Gasteiger partial charge on any atom is 0.0581 e. The Kier molecular flexibility index (Phi) is 2.69. The molecule has 3 atom stereocenters. The first kappa shape index (κ1) is 8.55. The zero-order valence-electron chi connectivity index (χ0n) is 8.09. The van der Waals surface area contributed by atoms with E-state index in [1.807, 2.05) is 0 Å². The normalized spacial score (nSPS) is 43.2. The smallest absolute Gasteiger partial charge is 0.0581 e. The second-order valence-corrected chi connectivity index (χ2v) is 4.58. The lowest BCUT2D eigenvalue weighted by Gasteiger charge is -2.17. The fourth-order valence-corrected chi connectivity index (χ4v) is 2.58. The Morgan fingerprint density at radius 2 is 1.67 bits per heavy atom. The maximum atomic E-state index is 6.04. The van der Waals surface area contributed by atoms with Crippen LogP contribution in [0.4, 0.5) is 0 Å². The predicted molar refractivity (Wildman–Crippen MR) is 50.1 cm³/mol. The van der Waals surface area contributed by atoms with Crippen LogP contribution >= 0.6 is 0 Å². The van der Waals surface area contributed by atoms with E-state index in [4.69, 9.17) is 4.74 Å². The summed E-state index contributed by atoms with van der Waals surface area (Å²) in [6.07, 6.45) is 10.7. The molecule has 0 radical (unpaired) electrons. The van der Waals surface area contributed by atoms with Crippen molar-refractivity contribution < 1.29 is 4.74 Å². The summed E-state index contributed by atoms with van der Waals surface area (Å²) in [5.41, 5.74) is 0. The van der Waals surface area contributed by atoms with Crippen LogP contribution < -0.4 is 0 Å². The van der Waals surface area contributed by atoms with E-state index in [2.05, 4.69) is 6.92 Å². The molecule has 1 heteroatoms. The van der Waals surface area contributed by atoms with E-state index in [0.717, 1.165) is 5.92 Å². The number of rotatable bonds is 0. The zero-order valence-corrected chi connectivity index (χ0v) is 8.09. The van der Waals surface area contributed by atoms with Crippen molar-refractivity contribution in [3.05, 3.63) is 0 Å². The first-order chi connectivity index (χ1) is 5.84. The number of hydrogen-bond donors (Lipinski definition) is 0. The highest BCUT2D eigenvalue weighted by molar-refractivity contribution is 4.76. The molecule has 0 aromatic heterocycles. The van der Waals surface area contributed by atoms with E-state index >= 15 is 0 Å². The average molecular weight is 168 g/mol. The predicted octanol–water partition coefficient (Wildman–Crippen LogP) is 3.13. The quantitative estimate of drug-likeness (QED) is 0.540. The Morgan fingerprint density at radius 1 is 0.917 bits per heavy atom. The first-order valence-electron chi connectivity index (χ1n) is 5.50. The molecule has 0 spiro atoms. The van der Waals surface area contributed by atoms with Gasteiger partial charge < -0.3 is 4.74 Å². The van der Waals surface area contributed by atoms with Crippen molar-refractivity contribution in [1.82, 2.24) is 0 Å². The highest BCUT2D eigenvalue weighted by atomic mass is 16.5. The molecule has 70 valence electrons. The van der Waals surface area contributed by atoms with Gasteiger partial charge in [0.25, 0.3) is 0 Å². The Morgan fingerprint density at radius 3 is 2.50 bits per heavy atom. The molecule has 0 aromatic rings. The van der Waals surface area contributed by atoms with E-state index in [0.29, 0.717) is 12.2 Å². The molecule has 2 saturated heterocycles. The van der Waals surface area contributed by atoms with Gasteiger partial charge in [0, 0.05) is 0 Å². The van der Waals surface area contributed by atoms with Crippen LogP contribution in [-0.2, 0) is 4.74 Å². The SMILES string of the molecule is CC1CCC2CCCCC(C1)O2. The second-order valence-electron chi connectivity index (χ2n) is 4.58. The van der Waals surface area contributed by atoms with Gasteiger partial charge in [-0.05, 0) is 38.0 Å². The Bertz CT molecular complexity index is 144. The van der Waals surface area contributed by atoms with Crippen molar-refractivity contribution in [1.29, 1.82) is 0 Å². The van der Waals surface area contributed by atoms with E-state index in [1.165, 1.54) is 44.9 Å². The lowest BCUT2D eigenvalue weighted by Crippen LogP contribution is -2.17. The van der Waals surface area contributed by atoms with Crippen LogP contribution in [0.2, 0.25) is 0 Å². The first-order valence-corrected chi connectivity index (χ1v) is 5.50. The molecule has 0 amide bonds. The minimum absolute atomic E-state index is 0.606. The minimum atomic E-state index is 0.606. The minimum Gasteiger partial charge on any atom is -0.375 e. The third-order valence-corrected chi connectivity index (χ3v) is 3.33. The molecule has 2 fully saturated rings. The molecular weight excluding hydrogens is 148 g/mol. The van der Waals surface area contributed by atoms with E-state index in [1.54, 1.807) is 0 Å². The van der Waals surface area contributed by atoms with Crippen molar-refractivity contribution in [3.63, 3.8) is 0 Å². The molecule has 0 saturated carbocycles. The summed E-state index contributed by atoms with van der Waals surface area (Å²) in [4.78, 5) is 0. The van der Waals surface area contributed by atoms with Crippen LogP contribution in [0.1, 0.15) is 51.9 Å². The summed E-state index contributed by atoms with van der Waals surface area (Å²) >= 11 is 0. The maximum absolute atomic E-state index is 6.04. The molecule has 2 aliphatic heterocycles. The van der Waals surface area contributed by atoms with Gasteiger partial charge in [0.2, 0.25) is 0 Å². The lowest BCUT2D eigenvalue weighted by molar-refractivity contribution is -0.00527. The van der Waals surface area contributed by atoms with E-state index in [-0.39, 0.29) is 0 Å². The molecule has 2 aliphatic rings. The summed E-state index contributed by atoms with van der Waals surface area (Å²) in [7, 11) is 0. The van der Waals surface area contributed by atoms with Crippen LogP contribution in [0.15, 0.2) is 0 Å². The summed E-state index contributed by atoms with van der Waals surface area (Å²) in [5, 5.41) is 0. The number of ether oxygens (including phenoxy) is 1. The summed E-state index contributed by atoms with van der Waals surface area (Å²) in [6.45, 7) is 2.38. The van der Waals surface area contributed by atoms with E-state index in [9.17, 15) is 0 Å². The van der Waals surface area contributed by atoms with Gasteiger partial charge in [-0.1, -0.05) is 19.8 Å². The number of hydrogen-bond acceptors (Lipinski definition) is 1. The zero-order chi connectivity index (χ0) is 8.39. The van der Waals surface area contributed by atoms with Crippen molar-refractivity contribution in [2.24, 2.45) is 5.92 Å². The van der Waals surface area contributed by atoms with Crippen molar-refractivity contribution >= 4 is 0 Å². The topological polar surface area (TPSA) is 9.23 Å². The van der Waals surface area contributed by atoms with Crippen LogP contribution in [0.3, 0.4) is 0 Å². The van der Waals surface area contributed by atoms with Gasteiger partial charge in [-0.2, -0.15) is 0 Å². The third kappa shape index (κ3) is 2.01. The molecule has 2 heterocycles. The van der Waals surface area contributed by atoms with Crippen LogP contribution in [0.25, 0.3) is 0 Å². The molecule has 3 unspecified atom stereocenters. The van der Waals surface area contributed by atoms with Crippen molar-refractivity contribution in [3.8, 4) is 0 Å². The fourth-order valence-electron chi connectivity index (χ4n) is 2.58. The highest BCUT2D eigenvalue weighted by Crippen LogP contribution is 2.31. The van der Waals surface area contributed by atoms with Gasteiger partial charge in [0.1, 0.15) is 0 Å². The second kappa shape index (κ2) is 3.78. The molecule has 0 N–H and O–H groups in total. The standard InChI is InChI=1S/C11H20O/c1-9-6-7-10-4-2-3-5-11(8-9)12-10/h9-11H,2-8H2,1H3. The monoisotopic (exact) mass is 168 g/mol. The molecule has 12 heavy (non-hydrogen) atoms. The van der Waals surface area contributed by atoms with Crippen molar-refractivity contribution in [2.75, 3.05) is 0 Å². The Hall–Kier alpha value is -0.0400. The van der Waals surface area contributed by atoms with Gasteiger partial charge in [-0.15, -0.1) is 0 Å². The molecule has 2 rings (SSSR count). The largest absolute Gasteiger partial charge is 0.375 e. The van der Waals surface area contributed by atoms with Gasteiger partial charge in [-0.3, -0.25) is 0 Å². The molecule has 2 bridgehead atoms. The third-order valence-electron chi connectivity index (χ3n) is 3.33. The van der Waals surface area contributed by atoms with Crippen LogP contribution in [0.5, 0.6) is 0 Å². The Labute approximate surface area is 75.5 Å². The van der Waals surface area contributed by atoms with Gasteiger partial charge in [-0.25, -0.2) is 0 Å². The molecular formula is C11H20O. The lowest BCUT2D eigenvalue weighted by atomic mass is 9.94. The van der Waals surface area contributed by atoms with Gasteiger partial charge in [0.15, 0.2) is 0 Å². The van der Waals surface area contributed by atoms with Crippen molar-refractivity contribution in [2.45, 2.75) is 64.1 Å². The fraction of sp³-hybridized carbons (Fsp3) is 1.00. The van der Waals surface area contributed by atoms with Gasteiger partial charge in [0.05, 0.1) is 12.2 Å². The van der Waals surface area contributed by atoms with Crippen LogP contribution in [0, 0.1) is 5.92 Å². The van der Waals surface area contributed by atoms with Gasteiger partial charge >= 0.3 is 0 Å². The molecule has 0 aromatic carbocycles. The average Bonchev–Trinajstić information content (AvgIpc) is 2.35. The molecule has 1 nitrogen and oxygen atoms in total. The number of fused-ring (bicyclic) bond motifs is 2. The van der Waals surface area contributed by atoms with E-state index < -0.39 is 0 Å². The summed E-state index contributed by atoms with van der Waals surface area (Å²) in [6, 6.07) is 0. The highest BCUT2D eigenvalue weighted by Gasteiger charge is 2.25. The summed E-state index contributed by atoms with van der Waals surface area (Å²) in [5.74, 6) is 0.901. The Balaban J connectivity index is 1.99. The summed E-state index contributed by atoms with van der Waals surface area (Å²) < 4.78 is 6.04. The van der Waals surface area contributed by atoms with Crippen LogP contribution in [-0.4, -0.2) is 12.2 Å².